The molecule has 0 unspecified atom stereocenters. The van der Waals surface area contributed by atoms with Crippen molar-refractivity contribution in [2.45, 2.75) is 58.1 Å². The Labute approximate surface area is 124 Å². The molecule has 1 N–H and O–H groups in total. The molecule has 1 fully saturated rings. The Morgan fingerprint density at radius 2 is 2.35 bits per heavy atom. The van der Waals surface area contributed by atoms with Gasteiger partial charge >= 0.3 is 0 Å². The molecule has 1 aliphatic heterocycles. The van der Waals surface area contributed by atoms with E-state index >= 15 is 0 Å². The van der Waals surface area contributed by atoms with Crippen molar-refractivity contribution in [1.82, 2.24) is 5.32 Å². The first kappa shape index (κ1) is 14.1. The van der Waals surface area contributed by atoms with Crippen LogP contribution in [0.3, 0.4) is 0 Å². The van der Waals surface area contributed by atoms with Gasteiger partial charge in [0.1, 0.15) is 0 Å². The average molecular weight is 293 g/mol. The summed E-state index contributed by atoms with van der Waals surface area (Å²) < 4.78 is 5.65. The zero-order chi connectivity index (χ0) is 14.1. The van der Waals surface area contributed by atoms with E-state index in [0.29, 0.717) is 0 Å². The number of rotatable bonds is 3. The lowest BCUT2D eigenvalue weighted by Crippen LogP contribution is -2.41. The summed E-state index contributed by atoms with van der Waals surface area (Å²) in [5.41, 5.74) is 2.20. The zero-order valence-electron chi connectivity index (χ0n) is 12.3. The van der Waals surface area contributed by atoms with E-state index < -0.39 is 0 Å². The minimum atomic E-state index is 0.0834. The molecule has 3 atom stereocenters. The zero-order valence-corrected chi connectivity index (χ0v) is 13.1. The topological polar surface area (TPSA) is 38.3 Å². The number of hydrogen-bond donors (Lipinski definition) is 1. The standard InChI is InChI=1S/C16H23NO2S/c1-10-5-6-12-13(9-20-15(12)8-10)16(18)17-11(2)14-4-3-7-19-14/h9-11,14H,3-8H2,1-2H3,(H,17,18)/t10-,11-,14-/m1/s1. The molecule has 0 aromatic carbocycles. The molecule has 3 rings (SSSR count). The van der Waals surface area contributed by atoms with Crippen molar-refractivity contribution in [3.8, 4) is 0 Å². The van der Waals surface area contributed by atoms with Gasteiger partial charge < -0.3 is 10.1 Å². The Morgan fingerprint density at radius 1 is 1.50 bits per heavy atom. The van der Waals surface area contributed by atoms with Crippen LogP contribution in [0.4, 0.5) is 0 Å². The van der Waals surface area contributed by atoms with E-state index in [-0.39, 0.29) is 18.1 Å². The van der Waals surface area contributed by atoms with Crippen molar-refractivity contribution in [3.63, 3.8) is 0 Å². The van der Waals surface area contributed by atoms with E-state index in [1.54, 1.807) is 11.3 Å². The fourth-order valence-electron chi connectivity index (χ4n) is 3.24. The molecular weight excluding hydrogens is 270 g/mol. The van der Waals surface area contributed by atoms with Gasteiger partial charge in [0.05, 0.1) is 17.7 Å². The van der Waals surface area contributed by atoms with Crippen molar-refractivity contribution in [2.24, 2.45) is 5.92 Å². The second-order valence-electron chi connectivity index (χ2n) is 6.21. The minimum Gasteiger partial charge on any atom is -0.376 e. The van der Waals surface area contributed by atoms with Crippen LogP contribution >= 0.6 is 11.3 Å². The number of carbonyl (C=O) groups excluding carboxylic acids is 1. The quantitative estimate of drug-likeness (QED) is 0.929. The largest absolute Gasteiger partial charge is 0.376 e. The third-order valence-electron chi connectivity index (χ3n) is 4.53. The molecule has 0 spiro atoms. The molecule has 1 amide bonds. The summed E-state index contributed by atoms with van der Waals surface area (Å²) in [6, 6.07) is 0.100. The first-order chi connectivity index (χ1) is 9.65. The highest BCUT2D eigenvalue weighted by Gasteiger charge is 2.27. The van der Waals surface area contributed by atoms with Gasteiger partial charge in [0.15, 0.2) is 0 Å². The Balaban J connectivity index is 1.68. The van der Waals surface area contributed by atoms with Crippen LogP contribution in [0.1, 0.15) is 53.9 Å². The molecule has 110 valence electrons. The molecule has 0 radical (unpaired) electrons. The Bertz CT molecular complexity index is 491. The number of amides is 1. The maximum Gasteiger partial charge on any atom is 0.252 e. The van der Waals surface area contributed by atoms with Gasteiger partial charge in [-0.1, -0.05) is 6.92 Å². The van der Waals surface area contributed by atoms with E-state index in [1.165, 1.54) is 16.9 Å². The summed E-state index contributed by atoms with van der Waals surface area (Å²) in [5, 5.41) is 5.17. The number of carbonyl (C=O) groups is 1. The summed E-state index contributed by atoms with van der Waals surface area (Å²) in [7, 11) is 0. The average Bonchev–Trinajstić information content (AvgIpc) is 3.07. The van der Waals surface area contributed by atoms with Crippen LogP contribution in [-0.4, -0.2) is 24.7 Å². The molecule has 0 saturated carbocycles. The first-order valence-electron chi connectivity index (χ1n) is 7.67. The van der Waals surface area contributed by atoms with E-state index in [4.69, 9.17) is 4.74 Å². The predicted octanol–water partition coefficient (Wildman–Crippen LogP) is 3.17. The maximum atomic E-state index is 12.5. The molecule has 2 heterocycles. The van der Waals surface area contributed by atoms with E-state index in [1.807, 2.05) is 5.38 Å². The molecule has 20 heavy (non-hydrogen) atoms. The fourth-order valence-corrected chi connectivity index (χ4v) is 4.49. The van der Waals surface area contributed by atoms with Gasteiger partial charge in [-0.25, -0.2) is 0 Å². The predicted molar refractivity (Wildman–Crippen MR) is 81.4 cm³/mol. The third kappa shape index (κ3) is 2.77. The minimum absolute atomic E-state index is 0.0834. The van der Waals surface area contributed by atoms with Crippen molar-refractivity contribution >= 4 is 17.2 Å². The van der Waals surface area contributed by atoms with E-state index in [9.17, 15) is 4.79 Å². The van der Waals surface area contributed by atoms with Crippen LogP contribution in [0.25, 0.3) is 0 Å². The number of ether oxygens (including phenoxy) is 1. The second-order valence-corrected chi connectivity index (χ2v) is 7.18. The molecule has 1 saturated heterocycles. The normalized spacial score (nSPS) is 27.1. The molecular formula is C16H23NO2S. The fraction of sp³-hybridized carbons (Fsp3) is 0.688. The SMILES string of the molecule is C[C@@H]1CCc2c(C(=O)N[C@H](C)[C@H]3CCCO3)csc2C1. The molecule has 4 heteroatoms. The van der Waals surface area contributed by atoms with Crippen LogP contribution in [0, 0.1) is 5.92 Å². The van der Waals surface area contributed by atoms with Crippen LogP contribution < -0.4 is 5.32 Å². The summed E-state index contributed by atoms with van der Waals surface area (Å²) in [6.07, 6.45) is 5.74. The van der Waals surface area contributed by atoms with Crippen molar-refractivity contribution < 1.29 is 9.53 Å². The summed E-state index contributed by atoms with van der Waals surface area (Å²) in [4.78, 5) is 13.9. The van der Waals surface area contributed by atoms with Crippen LogP contribution in [0.5, 0.6) is 0 Å². The van der Waals surface area contributed by atoms with Gasteiger partial charge in [0.2, 0.25) is 0 Å². The molecule has 1 aromatic rings. The van der Waals surface area contributed by atoms with Crippen molar-refractivity contribution in [1.29, 1.82) is 0 Å². The van der Waals surface area contributed by atoms with Crippen LogP contribution in [-0.2, 0) is 17.6 Å². The van der Waals surface area contributed by atoms with Gasteiger partial charge in [0, 0.05) is 16.9 Å². The van der Waals surface area contributed by atoms with Gasteiger partial charge in [-0.05, 0) is 50.5 Å². The van der Waals surface area contributed by atoms with Gasteiger partial charge in [-0.3, -0.25) is 4.79 Å². The van der Waals surface area contributed by atoms with Gasteiger partial charge in [0.25, 0.3) is 5.91 Å². The van der Waals surface area contributed by atoms with Gasteiger partial charge in [-0.15, -0.1) is 11.3 Å². The van der Waals surface area contributed by atoms with E-state index in [2.05, 4.69) is 19.2 Å². The highest BCUT2D eigenvalue weighted by molar-refractivity contribution is 7.10. The Hall–Kier alpha value is -0.870. The highest BCUT2D eigenvalue weighted by Crippen LogP contribution is 2.32. The third-order valence-corrected chi connectivity index (χ3v) is 5.58. The molecule has 0 bridgehead atoms. The maximum absolute atomic E-state index is 12.5. The molecule has 2 aliphatic rings. The number of hydrogen-bond acceptors (Lipinski definition) is 3. The van der Waals surface area contributed by atoms with Crippen LogP contribution in [0.15, 0.2) is 5.38 Å². The molecule has 1 aliphatic carbocycles. The summed E-state index contributed by atoms with van der Waals surface area (Å²) in [5.74, 6) is 0.836. The Kier molecular flexibility index (Phi) is 4.13. The first-order valence-corrected chi connectivity index (χ1v) is 8.55. The number of thiophene rings is 1. The van der Waals surface area contributed by atoms with Crippen molar-refractivity contribution in [3.05, 3.63) is 21.4 Å². The van der Waals surface area contributed by atoms with Gasteiger partial charge in [-0.2, -0.15) is 0 Å². The van der Waals surface area contributed by atoms with Crippen LogP contribution in [0.2, 0.25) is 0 Å². The lowest BCUT2D eigenvalue weighted by Gasteiger charge is -2.22. The summed E-state index contributed by atoms with van der Waals surface area (Å²) >= 11 is 1.75. The Morgan fingerprint density at radius 3 is 3.10 bits per heavy atom. The monoisotopic (exact) mass is 293 g/mol. The molecule has 3 nitrogen and oxygen atoms in total. The lowest BCUT2D eigenvalue weighted by molar-refractivity contribution is 0.0712. The highest BCUT2D eigenvalue weighted by atomic mass is 32.1. The van der Waals surface area contributed by atoms with E-state index in [0.717, 1.165) is 43.8 Å². The van der Waals surface area contributed by atoms with Crippen molar-refractivity contribution in [2.75, 3.05) is 6.61 Å². The lowest BCUT2D eigenvalue weighted by atomic mass is 9.88. The summed E-state index contributed by atoms with van der Waals surface area (Å²) in [6.45, 7) is 5.17. The smallest absolute Gasteiger partial charge is 0.252 e. The second kappa shape index (κ2) is 5.86. The number of nitrogens with one attached hydrogen (secondary N) is 1. The number of fused-ring (bicyclic) bond motifs is 1. The molecule has 1 aromatic heterocycles.